The van der Waals surface area contributed by atoms with Gasteiger partial charge < -0.3 is 9.67 Å². The van der Waals surface area contributed by atoms with Crippen LogP contribution in [0, 0.1) is 0 Å². The number of hydrogen-bond donors (Lipinski definition) is 1. The van der Waals surface area contributed by atoms with Crippen LogP contribution < -0.4 is 0 Å². The van der Waals surface area contributed by atoms with Gasteiger partial charge in [-0.1, -0.05) is 11.6 Å². The Bertz CT molecular complexity index is 809. The van der Waals surface area contributed by atoms with Gasteiger partial charge in [0.1, 0.15) is 5.69 Å². The minimum absolute atomic E-state index is 0.214. The Labute approximate surface area is 119 Å². The summed E-state index contributed by atoms with van der Waals surface area (Å²) in [6.45, 7) is 0. The zero-order valence-electron chi connectivity index (χ0n) is 10.5. The Kier molecular flexibility index (Phi) is 2.91. The van der Waals surface area contributed by atoms with Crippen molar-refractivity contribution < 1.29 is 9.90 Å². The fourth-order valence-electron chi connectivity index (χ4n) is 2.07. The predicted molar refractivity (Wildman–Crippen MR) is 75.9 cm³/mol. The number of hydrogen-bond acceptors (Lipinski definition) is 3. The normalized spacial score (nSPS) is 10.9. The third-order valence-corrected chi connectivity index (χ3v) is 3.31. The topological polar surface area (TPSA) is 68.0 Å². The molecule has 0 unspecified atom stereocenters. The van der Waals surface area contributed by atoms with E-state index in [-0.39, 0.29) is 5.56 Å². The summed E-state index contributed by atoms with van der Waals surface area (Å²) in [6.07, 6.45) is 1.55. The summed E-state index contributed by atoms with van der Waals surface area (Å²) in [4.78, 5) is 19.7. The highest BCUT2D eigenvalue weighted by Crippen LogP contribution is 2.23. The number of aryl methyl sites for hydroxylation is 1. The van der Waals surface area contributed by atoms with Gasteiger partial charge in [0.05, 0.1) is 21.6 Å². The molecule has 0 amide bonds. The van der Waals surface area contributed by atoms with Crippen LogP contribution in [-0.4, -0.2) is 25.6 Å². The average Bonchev–Trinajstić information content (AvgIpc) is 2.76. The number of carboxylic acids is 1. The van der Waals surface area contributed by atoms with E-state index in [1.54, 1.807) is 36.5 Å². The molecule has 0 spiro atoms. The van der Waals surface area contributed by atoms with Gasteiger partial charge in [-0.2, -0.15) is 0 Å². The molecule has 0 saturated carbocycles. The Morgan fingerprint density at radius 3 is 2.75 bits per heavy atom. The smallest absolute Gasteiger partial charge is 0.335 e. The number of carbonyl (C=O) groups is 1. The molecule has 0 aliphatic rings. The number of benzene rings is 1. The molecule has 0 radical (unpaired) electrons. The van der Waals surface area contributed by atoms with Crippen molar-refractivity contribution in [3.63, 3.8) is 0 Å². The van der Waals surface area contributed by atoms with E-state index in [4.69, 9.17) is 16.7 Å². The highest BCUT2D eigenvalue weighted by molar-refractivity contribution is 6.30. The fourth-order valence-corrected chi connectivity index (χ4v) is 2.18. The van der Waals surface area contributed by atoms with Crippen molar-refractivity contribution in [1.82, 2.24) is 14.5 Å². The van der Waals surface area contributed by atoms with E-state index in [2.05, 4.69) is 9.97 Å². The molecule has 2 aromatic heterocycles. The number of aromatic carboxylic acids is 1. The summed E-state index contributed by atoms with van der Waals surface area (Å²) in [6, 6.07) is 8.38. The molecule has 100 valence electrons. The molecule has 1 N–H and O–H groups in total. The number of pyridine rings is 1. The molecule has 3 rings (SSSR count). The van der Waals surface area contributed by atoms with Crippen LogP contribution in [0.3, 0.4) is 0 Å². The Morgan fingerprint density at radius 1 is 1.30 bits per heavy atom. The molecule has 0 saturated heterocycles. The lowest BCUT2D eigenvalue weighted by atomic mass is 10.2. The van der Waals surface area contributed by atoms with E-state index in [1.807, 2.05) is 11.6 Å². The fraction of sp³-hybridized carbons (Fsp3) is 0.0714. The number of imidazole rings is 1. The number of fused-ring (bicyclic) bond motifs is 1. The number of carboxylic acid groups (broad SMARTS) is 1. The van der Waals surface area contributed by atoms with Gasteiger partial charge in [0, 0.05) is 13.2 Å². The van der Waals surface area contributed by atoms with Crippen molar-refractivity contribution in [2.45, 2.75) is 0 Å². The number of halogens is 1. The van der Waals surface area contributed by atoms with Crippen molar-refractivity contribution in [2.24, 2.45) is 7.05 Å². The van der Waals surface area contributed by atoms with E-state index in [0.29, 0.717) is 22.1 Å². The molecular formula is C14H10ClN3O2. The van der Waals surface area contributed by atoms with Crippen molar-refractivity contribution in [3.8, 4) is 11.5 Å². The molecule has 0 bridgehead atoms. The largest absolute Gasteiger partial charge is 0.478 e. The summed E-state index contributed by atoms with van der Waals surface area (Å²) in [7, 11) is 1.86. The van der Waals surface area contributed by atoms with Crippen molar-refractivity contribution in [3.05, 3.63) is 47.1 Å². The molecule has 0 aliphatic heterocycles. The monoisotopic (exact) mass is 287 g/mol. The van der Waals surface area contributed by atoms with Gasteiger partial charge in [-0.15, -0.1) is 0 Å². The second-order valence-electron chi connectivity index (χ2n) is 4.36. The Morgan fingerprint density at radius 2 is 2.10 bits per heavy atom. The van der Waals surface area contributed by atoms with Crippen LogP contribution in [0.2, 0.25) is 5.02 Å². The third-order valence-electron chi connectivity index (χ3n) is 3.08. The lowest BCUT2D eigenvalue weighted by Gasteiger charge is -2.01. The first-order valence-electron chi connectivity index (χ1n) is 5.88. The van der Waals surface area contributed by atoms with Gasteiger partial charge >= 0.3 is 5.97 Å². The van der Waals surface area contributed by atoms with Crippen LogP contribution in [0.4, 0.5) is 0 Å². The van der Waals surface area contributed by atoms with Crippen LogP contribution >= 0.6 is 11.6 Å². The highest BCUT2D eigenvalue weighted by atomic mass is 35.5. The summed E-state index contributed by atoms with van der Waals surface area (Å²) >= 11 is 5.82. The van der Waals surface area contributed by atoms with Crippen LogP contribution in [0.5, 0.6) is 0 Å². The molecule has 2 heterocycles. The van der Waals surface area contributed by atoms with Gasteiger partial charge in [-0.3, -0.25) is 4.98 Å². The minimum atomic E-state index is -0.969. The molecular weight excluding hydrogens is 278 g/mol. The first kappa shape index (κ1) is 12.6. The molecule has 0 aliphatic carbocycles. The Balaban J connectivity index is 2.19. The van der Waals surface area contributed by atoms with Crippen molar-refractivity contribution in [2.75, 3.05) is 0 Å². The molecule has 5 nitrogen and oxygen atoms in total. The molecule has 20 heavy (non-hydrogen) atoms. The summed E-state index contributed by atoms with van der Waals surface area (Å²) in [5.41, 5.74) is 2.37. The molecule has 0 fully saturated rings. The minimum Gasteiger partial charge on any atom is -0.478 e. The van der Waals surface area contributed by atoms with Gasteiger partial charge in [0.2, 0.25) is 0 Å². The maximum atomic E-state index is 11.0. The van der Waals surface area contributed by atoms with E-state index >= 15 is 0 Å². The zero-order chi connectivity index (χ0) is 14.3. The van der Waals surface area contributed by atoms with Crippen LogP contribution in [0.15, 0.2) is 36.5 Å². The van der Waals surface area contributed by atoms with Crippen LogP contribution in [0.1, 0.15) is 10.4 Å². The van der Waals surface area contributed by atoms with Crippen LogP contribution in [-0.2, 0) is 7.05 Å². The van der Waals surface area contributed by atoms with Crippen molar-refractivity contribution >= 4 is 28.6 Å². The van der Waals surface area contributed by atoms with Gasteiger partial charge in [-0.25, -0.2) is 9.78 Å². The molecule has 3 aromatic rings. The first-order valence-corrected chi connectivity index (χ1v) is 6.26. The maximum Gasteiger partial charge on any atom is 0.335 e. The first-order chi connectivity index (χ1) is 9.56. The molecule has 6 heteroatoms. The highest BCUT2D eigenvalue weighted by Gasteiger charge is 2.13. The number of aromatic nitrogens is 3. The quantitative estimate of drug-likeness (QED) is 0.787. The van der Waals surface area contributed by atoms with E-state index < -0.39 is 5.97 Å². The lowest BCUT2D eigenvalue weighted by Crippen LogP contribution is -1.96. The van der Waals surface area contributed by atoms with E-state index in [9.17, 15) is 4.79 Å². The second-order valence-corrected chi connectivity index (χ2v) is 4.80. The number of nitrogens with zero attached hydrogens (tertiary/aromatic N) is 3. The second kappa shape index (κ2) is 4.61. The predicted octanol–water partition coefficient (Wildman–Crippen LogP) is 2.99. The standard InChI is InChI=1S/C14H10ClN3O2/c1-18-12-5-2-8(14(19)20)6-11(12)17-13(18)10-4-3-9(15)7-16-10/h2-7H,1H3,(H,19,20). The van der Waals surface area contributed by atoms with Gasteiger partial charge in [0.15, 0.2) is 5.82 Å². The zero-order valence-corrected chi connectivity index (χ0v) is 11.3. The van der Waals surface area contributed by atoms with Gasteiger partial charge in [-0.05, 0) is 30.3 Å². The Hall–Kier alpha value is -2.40. The van der Waals surface area contributed by atoms with E-state index in [1.165, 1.54) is 0 Å². The third kappa shape index (κ3) is 2.02. The van der Waals surface area contributed by atoms with Crippen molar-refractivity contribution in [1.29, 1.82) is 0 Å². The molecule has 1 aromatic carbocycles. The summed E-state index contributed by atoms with van der Waals surface area (Å²) in [5, 5.41) is 9.56. The maximum absolute atomic E-state index is 11.0. The molecule has 0 atom stereocenters. The van der Waals surface area contributed by atoms with Gasteiger partial charge in [0.25, 0.3) is 0 Å². The lowest BCUT2D eigenvalue weighted by molar-refractivity contribution is 0.0697. The SMILES string of the molecule is Cn1c(-c2ccc(Cl)cn2)nc2cc(C(=O)O)ccc21. The summed E-state index contributed by atoms with van der Waals surface area (Å²) in [5.74, 6) is -0.303. The van der Waals surface area contributed by atoms with Crippen LogP contribution in [0.25, 0.3) is 22.6 Å². The summed E-state index contributed by atoms with van der Waals surface area (Å²) < 4.78 is 1.87. The van der Waals surface area contributed by atoms with E-state index in [0.717, 1.165) is 5.52 Å². The number of rotatable bonds is 2. The average molecular weight is 288 g/mol.